The molecule has 1 aliphatic rings. The highest BCUT2D eigenvalue weighted by Gasteiger charge is 2.30. The Morgan fingerprint density at radius 1 is 1.25 bits per heavy atom. The molecule has 0 aliphatic carbocycles. The Bertz CT molecular complexity index is 1150. The number of rotatable bonds is 9. The van der Waals surface area contributed by atoms with Crippen molar-refractivity contribution in [1.82, 2.24) is 4.90 Å². The first kappa shape index (κ1) is 26.9. The summed E-state index contributed by atoms with van der Waals surface area (Å²) >= 11 is 0. The number of carbonyl (C=O) groups excluding carboxylic acids is 1. The molecule has 0 spiro atoms. The fourth-order valence-electron chi connectivity index (χ4n) is 3.58. The van der Waals surface area contributed by atoms with Gasteiger partial charge in [-0.1, -0.05) is 0 Å². The highest BCUT2D eigenvalue weighted by atomic mass is 19.4. The van der Waals surface area contributed by atoms with Gasteiger partial charge in [0.1, 0.15) is 35.4 Å². The van der Waals surface area contributed by atoms with E-state index in [1.165, 1.54) is 23.5 Å². The van der Waals surface area contributed by atoms with Crippen molar-refractivity contribution in [2.45, 2.75) is 13.1 Å². The molecule has 0 radical (unpaired) electrons. The second-order valence-corrected chi connectivity index (χ2v) is 8.08. The molecule has 11 heteroatoms. The van der Waals surface area contributed by atoms with Crippen LogP contribution >= 0.6 is 0 Å². The molecule has 3 rings (SSSR count). The number of allylic oxidation sites excluding steroid dienone is 1. The minimum atomic E-state index is -4.44. The minimum Gasteiger partial charge on any atom is -0.491 e. The zero-order valence-corrected chi connectivity index (χ0v) is 19.7. The number of nitrogens with one attached hydrogen (secondary N) is 2. The summed E-state index contributed by atoms with van der Waals surface area (Å²) in [5.41, 5.74) is 0.707. The van der Waals surface area contributed by atoms with E-state index < -0.39 is 17.6 Å². The number of nitrogens with two attached hydrogens (primary N) is 1. The molecule has 190 valence electrons. The zero-order chi connectivity index (χ0) is 26.1. The van der Waals surface area contributed by atoms with Gasteiger partial charge in [-0.25, -0.2) is 0 Å². The smallest absolute Gasteiger partial charge is 0.416 e. The van der Waals surface area contributed by atoms with Crippen molar-refractivity contribution in [1.29, 1.82) is 10.7 Å². The van der Waals surface area contributed by atoms with Crippen LogP contribution in [-0.2, 0) is 15.7 Å². The molecule has 0 atom stereocenters. The van der Waals surface area contributed by atoms with E-state index in [0.717, 1.165) is 31.4 Å². The van der Waals surface area contributed by atoms with Crippen molar-refractivity contribution in [3.8, 4) is 11.8 Å². The van der Waals surface area contributed by atoms with Gasteiger partial charge in [-0.3, -0.25) is 15.0 Å². The number of morpholine rings is 1. The van der Waals surface area contributed by atoms with Crippen LogP contribution in [0.15, 0.2) is 53.7 Å². The van der Waals surface area contributed by atoms with Gasteiger partial charge >= 0.3 is 6.18 Å². The normalized spacial score (nSPS) is 15.0. The number of alkyl halides is 3. The summed E-state index contributed by atoms with van der Waals surface area (Å²) in [5.74, 6) is -0.186. The quantitative estimate of drug-likeness (QED) is 0.277. The lowest BCUT2D eigenvalue weighted by Gasteiger charge is -2.26. The first-order chi connectivity index (χ1) is 17.2. The second kappa shape index (κ2) is 12.3. The molecule has 36 heavy (non-hydrogen) atoms. The molecule has 2 aromatic rings. The topological polar surface area (TPSA) is 115 Å². The molecule has 0 saturated carbocycles. The maximum Gasteiger partial charge on any atom is 0.416 e. The van der Waals surface area contributed by atoms with Crippen LogP contribution in [0.2, 0.25) is 0 Å². The molecule has 2 aromatic carbocycles. The van der Waals surface area contributed by atoms with Gasteiger partial charge in [-0.05, 0) is 42.5 Å². The van der Waals surface area contributed by atoms with Crippen LogP contribution in [0.3, 0.4) is 0 Å². The van der Waals surface area contributed by atoms with E-state index in [1.807, 2.05) is 0 Å². The minimum absolute atomic E-state index is 0.0271. The average Bonchev–Trinajstić information content (AvgIpc) is 2.85. The van der Waals surface area contributed by atoms with Gasteiger partial charge in [-0.15, -0.1) is 0 Å². The molecule has 0 bridgehead atoms. The van der Waals surface area contributed by atoms with Crippen LogP contribution in [0.5, 0.6) is 5.75 Å². The van der Waals surface area contributed by atoms with Crippen molar-refractivity contribution in [2.75, 3.05) is 44.8 Å². The molecule has 0 aromatic heterocycles. The van der Waals surface area contributed by atoms with Gasteiger partial charge in [0.15, 0.2) is 0 Å². The van der Waals surface area contributed by atoms with E-state index in [2.05, 4.69) is 16.3 Å². The number of quaternary nitrogens is 1. The van der Waals surface area contributed by atoms with Gasteiger partial charge < -0.3 is 20.2 Å². The molecule has 1 saturated heterocycles. The Balaban J connectivity index is 1.63. The van der Waals surface area contributed by atoms with Gasteiger partial charge in [0.2, 0.25) is 0 Å². The lowest BCUT2D eigenvalue weighted by Crippen LogP contribution is -2.75. The fourth-order valence-corrected chi connectivity index (χ4v) is 3.58. The van der Waals surface area contributed by atoms with Crippen LogP contribution in [0.25, 0.3) is 0 Å². The Morgan fingerprint density at radius 3 is 2.56 bits per heavy atom. The molecule has 1 aliphatic heterocycles. The van der Waals surface area contributed by atoms with Crippen molar-refractivity contribution < 1.29 is 32.8 Å². The summed E-state index contributed by atoms with van der Waals surface area (Å²) in [7, 11) is 0. The summed E-state index contributed by atoms with van der Waals surface area (Å²) in [6, 6.07) is 11.2. The predicted molar refractivity (Wildman–Crippen MR) is 127 cm³/mol. The fraction of sp³-hybridized carbons (Fsp3) is 0.320. The van der Waals surface area contributed by atoms with E-state index in [-0.39, 0.29) is 11.1 Å². The van der Waals surface area contributed by atoms with E-state index in [1.54, 1.807) is 19.1 Å². The number of hydrogen-bond donors (Lipinski definition) is 3. The maximum atomic E-state index is 12.8. The van der Waals surface area contributed by atoms with Crippen LogP contribution < -0.4 is 15.4 Å². The molecular formula is C25H27F3N5O3+. The van der Waals surface area contributed by atoms with Gasteiger partial charge in [0.25, 0.3) is 5.91 Å². The molecule has 1 heterocycles. The number of carbonyl (C=O) groups is 1. The number of halogens is 3. The highest BCUT2D eigenvalue weighted by molar-refractivity contribution is 6.17. The third-order valence-electron chi connectivity index (χ3n) is 5.56. The van der Waals surface area contributed by atoms with E-state index in [0.29, 0.717) is 49.2 Å². The third-order valence-corrected chi connectivity index (χ3v) is 5.56. The number of nitrogens with zero attached hydrogens (tertiary/aromatic N) is 2. The van der Waals surface area contributed by atoms with E-state index in [9.17, 15) is 23.2 Å². The lowest BCUT2D eigenvalue weighted by atomic mass is 10.1. The molecule has 1 fully saturated rings. The Morgan fingerprint density at radius 2 is 1.94 bits per heavy atom. The van der Waals surface area contributed by atoms with Crippen molar-refractivity contribution in [3.05, 3.63) is 64.9 Å². The Hall–Kier alpha value is -3.72. The van der Waals surface area contributed by atoms with Gasteiger partial charge in [0, 0.05) is 38.5 Å². The van der Waals surface area contributed by atoms with Crippen molar-refractivity contribution >= 4 is 23.5 Å². The number of benzene rings is 2. The predicted octanol–water partition coefficient (Wildman–Crippen LogP) is 3.05. The summed E-state index contributed by atoms with van der Waals surface area (Å²) in [6.45, 7) is 5.73. The maximum absolute atomic E-state index is 12.8. The average molecular weight is 503 g/mol. The van der Waals surface area contributed by atoms with Gasteiger partial charge in [0.05, 0.1) is 24.3 Å². The monoisotopic (exact) mass is 502 g/mol. The summed E-state index contributed by atoms with van der Waals surface area (Å²) in [4.78, 5) is 15.0. The molecule has 0 unspecified atom stereocenters. The summed E-state index contributed by atoms with van der Waals surface area (Å²) < 4.78 is 49.3. The first-order valence-electron chi connectivity index (χ1n) is 11.2. The van der Waals surface area contributed by atoms with Crippen LogP contribution in [0, 0.1) is 16.7 Å². The number of nitriles is 1. The highest BCUT2D eigenvalue weighted by Crippen LogP contribution is 2.29. The van der Waals surface area contributed by atoms with Crippen LogP contribution in [0.4, 0.5) is 24.5 Å². The molecule has 1 amide bonds. The number of amides is 1. The Kier molecular flexibility index (Phi) is 9.19. The standard InChI is InChI=1S/C25H26F3N5O3/c1-17(31-20-4-2-19(3-5-20)25(26,27)28)22(16-30)24(34)32-21-6-7-23(18(14-21)15-29)36-13-10-33-8-11-35-12-9-33/h2-7,14,16,30-31H,8-13H2,1H3,(H,32,34)/p+1/b22-17+,30-16?. The van der Waals surface area contributed by atoms with Crippen LogP contribution in [-0.4, -0.2) is 56.5 Å². The van der Waals surface area contributed by atoms with Crippen LogP contribution in [0.1, 0.15) is 18.1 Å². The summed E-state index contributed by atoms with van der Waals surface area (Å²) in [6.07, 6.45) is -3.56. The van der Waals surface area contributed by atoms with Crippen molar-refractivity contribution in [3.63, 3.8) is 0 Å². The molecule has 8 nitrogen and oxygen atoms in total. The molecule has 4 N–H and O–H groups in total. The largest absolute Gasteiger partial charge is 0.491 e. The number of ether oxygens (including phenoxy) is 2. The zero-order valence-electron chi connectivity index (χ0n) is 19.7. The lowest BCUT2D eigenvalue weighted by molar-refractivity contribution is -0.517. The van der Waals surface area contributed by atoms with E-state index >= 15 is 0 Å². The third kappa shape index (κ3) is 7.39. The van der Waals surface area contributed by atoms with Gasteiger partial charge in [-0.2, -0.15) is 18.4 Å². The first-order valence-corrected chi connectivity index (χ1v) is 11.2. The number of hydrogen-bond acceptors (Lipinski definition) is 6. The number of anilines is 1. The summed E-state index contributed by atoms with van der Waals surface area (Å²) in [5, 5.41) is 21.3. The van der Waals surface area contributed by atoms with E-state index in [4.69, 9.17) is 14.9 Å². The molecular weight excluding hydrogens is 475 g/mol. The van der Waals surface area contributed by atoms with Crippen molar-refractivity contribution in [2.24, 2.45) is 0 Å². The second-order valence-electron chi connectivity index (χ2n) is 8.08. The SMILES string of the molecule is C/C([NH2+]c1ccc(C(F)(F)F)cc1)=C(/C=N)C(=O)Nc1ccc(OCCN2CCOCC2)c(C#N)c1. The Labute approximate surface area is 206 Å².